The normalized spacial score (nSPS) is 32.7. The van der Waals surface area contributed by atoms with Crippen LogP contribution in [0.2, 0.25) is 5.02 Å². The van der Waals surface area contributed by atoms with Crippen molar-refractivity contribution >= 4 is 23.4 Å². The zero-order valence-electron chi connectivity index (χ0n) is 11.3. The lowest BCUT2D eigenvalue weighted by atomic mass is 9.77. The van der Waals surface area contributed by atoms with Crippen LogP contribution in [-0.4, -0.2) is 22.2 Å². The van der Waals surface area contributed by atoms with Gasteiger partial charge in [0.05, 0.1) is 6.10 Å². The van der Waals surface area contributed by atoms with Gasteiger partial charge in [0.2, 0.25) is 0 Å². The van der Waals surface area contributed by atoms with Gasteiger partial charge < -0.3 is 9.84 Å². The second-order valence-electron chi connectivity index (χ2n) is 6.52. The SMILES string of the molecule is CC1(C)CSCC2(CC(O)c3cc(Cl)ccc3O2)C1. The summed E-state index contributed by atoms with van der Waals surface area (Å²) in [5.41, 5.74) is 0.852. The number of halogens is 1. The Morgan fingerprint density at radius 2 is 2.16 bits per heavy atom. The van der Waals surface area contributed by atoms with E-state index in [0.29, 0.717) is 11.4 Å². The number of rotatable bonds is 0. The highest BCUT2D eigenvalue weighted by molar-refractivity contribution is 7.99. The third-order valence-electron chi connectivity index (χ3n) is 3.88. The van der Waals surface area contributed by atoms with Gasteiger partial charge >= 0.3 is 0 Å². The van der Waals surface area contributed by atoms with E-state index >= 15 is 0 Å². The van der Waals surface area contributed by atoms with E-state index in [1.54, 1.807) is 0 Å². The molecule has 1 fully saturated rings. The summed E-state index contributed by atoms with van der Waals surface area (Å²) in [6.07, 6.45) is 1.18. The average Bonchev–Trinajstić information content (AvgIpc) is 2.29. The van der Waals surface area contributed by atoms with Crippen molar-refractivity contribution in [1.82, 2.24) is 0 Å². The largest absolute Gasteiger partial charge is 0.486 e. The molecule has 0 aromatic heterocycles. The van der Waals surface area contributed by atoms with Crippen molar-refractivity contribution in [2.24, 2.45) is 5.41 Å². The van der Waals surface area contributed by atoms with Crippen LogP contribution in [0.3, 0.4) is 0 Å². The molecule has 2 atom stereocenters. The molecule has 1 spiro atoms. The molecule has 1 aromatic carbocycles. The summed E-state index contributed by atoms with van der Waals surface area (Å²) in [7, 11) is 0. The van der Waals surface area contributed by atoms with Crippen LogP contribution < -0.4 is 4.74 Å². The predicted octanol–water partition coefficient (Wildman–Crippen LogP) is 4.06. The lowest BCUT2D eigenvalue weighted by molar-refractivity contribution is -0.0254. The first-order chi connectivity index (χ1) is 8.89. The molecule has 0 aliphatic carbocycles. The Morgan fingerprint density at radius 3 is 2.89 bits per heavy atom. The van der Waals surface area contributed by atoms with E-state index in [2.05, 4.69) is 13.8 Å². The lowest BCUT2D eigenvalue weighted by Crippen LogP contribution is -2.50. The van der Waals surface area contributed by atoms with Crippen LogP contribution in [0.1, 0.15) is 38.4 Å². The molecule has 0 saturated carbocycles. The Kier molecular flexibility index (Phi) is 3.27. The van der Waals surface area contributed by atoms with Crippen molar-refractivity contribution in [3.8, 4) is 5.75 Å². The summed E-state index contributed by atoms with van der Waals surface area (Å²) in [6, 6.07) is 5.52. The quantitative estimate of drug-likeness (QED) is 0.783. The molecule has 1 saturated heterocycles. The second-order valence-corrected chi connectivity index (χ2v) is 7.94. The number of benzene rings is 1. The Morgan fingerprint density at radius 1 is 1.37 bits per heavy atom. The fraction of sp³-hybridized carbons (Fsp3) is 0.600. The van der Waals surface area contributed by atoms with E-state index in [-0.39, 0.29) is 11.0 Å². The molecule has 4 heteroatoms. The van der Waals surface area contributed by atoms with E-state index in [0.717, 1.165) is 29.2 Å². The summed E-state index contributed by atoms with van der Waals surface area (Å²) in [5.74, 6) is 2.90. The van der Waals surface area contributed by atoms with Gasteiger partial charge in [0.25, 0.3) is 0 Å². The van der Waals surface area contributed by atoms with E-state index in [4.69, 9.17) is 16.3 Å². The average molecular weight is 299 g/mol. The highest BCUT2D eigenvalue weighted by atomic mass is 35.5. The van der Waals surface area contributed by atoms with Gasteiger partial charge in [-0.25, -0.2) is 0 Å². The summed E-state index contributed by atoms with van der Waals surface area (Å²) >= 11 is 7.92. The van der Waals surface area contributed by atoms with Crippen molar-refractivity contribution < 1.29 is 9.84 Å². The molecule has 1 N–H and O–H groups in total. The molecule has 2 heterocycles. The van der Waals surface area contributed by atoms with Gasteiger partial charge in [-0.1, -0.05) is 25.4 Å². The van der Waals surface area contributed by atoms with E-state index in [9.17, 15) is 5.11 Å². The van der Waals surface area contributed by atoms with Gasteiger partial charge in [0.1, 0.15) is 11.4 Å². The minimum Gasteiger partial charge on any atom is -0.486 e. The molecule has 1 aromatic rings. The first-order valence-corrected chi connectivity index (χ1v) is 8.17. The molecule has 0 radical (unpaired) electrons. The molecule has 0 bridgehead atoms. The maximum absolute atomic E-state index is 10.4. The maximum Gasteiger partial charge on any atom is 0.126 e. The van der Waals surface area contributed by atoms with Crippen molar-refractivity contribution in [2.75, 3.05) is 11.5 Å². The lowest BCUT2D eigenvalue weighted by Gasteiger charge is -2.48. The zero-order valence-corrected chi connectivity index (χ0v) is 12.9. The number of ether oxygens (including phenoxy) is 1. The van der Waals surface area contributed by atoms with E-state index in [1.807, 2.05) is 30.0 Å². The standard InChI is InChI=1S/C15H19ClO2S/c1-14(2)7-15(9-19-8-14)6-12(17)11-5-10(16)3-4-13(11)18-15/h3-5,12,17H,6-9H2,1-2H3. The molecule has 2 aliphatic heterocycles. The Hall–Kier alpha value is -0.380. The van der Waals surface area contributed by atoms with Gasteiger partial charge in [0, 0.05) is 22.8 Å². The summed E-state index contributed by atoms with van der Waals surface area (Å²) in [5, 5.41) is 11.1. The smallest absolute Gasteiger partial charge is 0.126 e. The molecule has 2 unspecified atom stereocenters. The van der Waals surface area contributed by atoms with Crippen LogP contribution in [0.5, 0.6) is 5.75 Å². The highest BCUT2D eigenvalue weighted by Crippen LogP contribution is 2.49. The van der Waals surface area contributed by atoms with Gasteiger partial charge in [-0.3, -0.25) is 0 Å². The molecule has 104 valence electrons. The Bertz CT molecular complexity index is 503. The first kappa shape index (κ1) is 13.6. The summed E-state index contributed by atoms with van der Waals surface area (Å²) < 4.78 is 6.28. The van der Waals surface area contributed by atoms with Crippen LogP contribution in [0.4, 0.5) is 0 Å². The molecular formula is C15H19ClO2S. The molecule has 0 amide bonds. The van der Waals surface area contributed by atoms with Crippen LogP contribution >= 0.6 is 23.4 Å². The molecule has 19 heavy (non-hydrogen) atoms. The van der Waals surface area contributed by atoms with Gasteiger partial charge in [0.15, 0.2) is 0 Å². The molecular weight excluding hydrogens is 280 g/mol. The second kappa shape index (κ2) is 4.57. The van der Waals surface area contributed by atoms with E-state index < -0.39 is 6.10 Å². The summed E-state index contributed by atoms with van der Waals surface area (Å²) in [4.78, 5) is 0. The number of thioether (sulfide) groups is 1. The predicted molar refractivity (Wildman–Crippen MR) is 80.1 cm³/mol. The third kappa shape index (κ3) is 2.61. The fourth-order valence-corrected chi connectivity index (χ4v) is 4.88. The fourth-order valence-electron chi connectivity index (χ4n) is 3.29. The van der Waals surface area contributed by atoms with Crippen LogP contribution in [0.25, 0.3) is 0 Å². The highest BCUT2D eigenvalue weighted by Gasteiger charge is 2.46. The topological polar surface area (TPSA) is 29.5 Å². The van der Waals surface area contributed by atoms with Crippen LogP contribution in [0, 0.1) is 5.41 Å². The Labute approximate surface area is 123 Å². The molecule has 3 rings (SSSR count). The third-order valence-corrected chi connectivity index (χ3v) is 5.83. The number of hydrogen-bond donors (Lipinski definition) is 1. The number of fused-ring (bicyclic) bond motifs is 1. The van der Waals surface area contributed by atoms with Crippen molar-refractivity contribution in [3.05, 3.63) is 28.8 Å². The minimum atomic E-state index is -0.475. The van der Waals surface area contributed by atoms with Gasteiger partial charge in [-0.15, -0.1) is 0 Å². The van der Waals surface area contributed by atoms with Crippen molar-refractivity contribution in [3.63, 3.8) is 0 Å². The van der Waals surface area contributed by atoms with Crippen LogP contribution in [-0.2, 0) is 0 Å². The van der Waals surface area contributed by atoms with E-state index in [1.165, 1.54) is 0 Å². The number of aliphatic hydroxyl groups excluding tert-OH is 1. The molecule has 2 aliphatic rings. The number of aliphatic hydroxyl groups is 1. The number of hydrogen-bond acceptors (Lipinski definition) is 3. The first-order valence-electron chi connectivity index (χ1n) is 6.64. The zero-order chi connectivity index (χ0) is 13.7. The Balaban J connectivity index is 1.94. The van der Waals surface area contributed by atoms with Gasteiger partial charge in [-0.05, 0) is 35.8 Å². The van der Waals surface area contributed by atoms with Crippen molar-refractivity contribution in [1.29, 1.82) is 0 Å². The van der Waals surface area contributed by atoms with Crippen LogP contribution in [0.15, 0.2) is 18.2 Å². The maximum atomic E-state index is 10.4. The van der Waals surface area contributed by atoms with Crippen molar-refractivity contribution in [2.45, 2.75) is 38.4 Å². The molecule has 2 nitrogen and oxygen atoms in total. The minimum absolute atomic E-state index is 0.230. The monoisotopic (exact) mass is 298 g/mol. The summed E-state index contributed by atoms with van der Waals surface area (Å²) in [6.45, 7) is 4.54. The van der Waals surface area contributed by atoms with Gasteiger partial charge in [-0.2, -0.15) is 11.8 Å².